The third kappa shape index (κ3) is 3.92. The molecule has 4 rings (SSSR count). The first-order chi connectivity index (χ1) is 13.4. The van der Waals surface area contributed by atoms with Crippen molar-refractivity contribution in [2.24, 2.45) is 0 Å². The molecule has 0 saturated heterocycles. The van der Waals surface area contributed by atoms with E-state index in [0.29, 0.717) is 5.69 Å². The summed E-state index contributed by atoms with van der Waals surface area (Å²) in [6.07, 6.45) is 3.07. The molecular weight excluding hydrogens is 377 g/mol. The molecule has 0 amide bonds. The van der Waals surface area contributed by atoms with Crippen molar-refractivity contribution in [3.05, 3.63) is 94.8 Å². The minimum Gasteiger partial charge on any atom is -0.488 e. The Balaban J connectivity index is 1.88. The van der Waals surface area contributed by atoms with Gasteiger partial charge in [0.05, 0.1) is 6.26 Å². The normalized spacial score (nSPS) is 14.6. The first kappa shape index (κ1) is 18.3. The van der Waals surface area contributed by atoms with E-state index in [1.54, 1.807) is 24.3 Å². The van der Waals surface area contributed by atoms with Gasteiger partial charge in [-0.15, -0.1) is 0 Å². The van der Waals surface area contributed by atoms with Gasteiger partial charge in [0, 0.05) is 16.8 Å². The molecule has 0 atom stereocenters. The Morgan fingerprint density at radius 3 is 2.64 bits per heavy atom. The van der Waals surface area contributed by atoms with Gasteiger partial charge >= 0.3 is 0 Å². The number of hydrogen-bond donors (Lipinski definition) is 1. The van der Waals surface area contributed by atoms with Crippen molar-refractivity contribution in [2.45, 2.75) is 6.61 Å². The molecule has 0 bridgehead atoms. The third-order valence-electron chi connectivity index (χ3n) is 4.42. The number of halogens is 1. The van der Waals surface area contributed by atoms with Gasteiger partial charge in [0.2, 0.25) is 10.0 Å². The molecule has 1 heterocycles. The maximum atomic E-state index is 13.8. The standard InChI is InChI=1S/C22H18FNO3S/c1-28(25,26)24-18-6-4-5-15(11-18)12-21-19-10-9-17(23)13-16(19)14-27-22-8-3-2-7-20(21)22/h2-13,24H,14H2,1H3/b21-12+. The lowest BCUT2D eigenvalue weighted by atomic mass is 9.92. The zero-order chi connectivity index (χ0) is 19.7. The molecule has 1 aliphatic heterocycles. The lowest BCUT2D eigenvalue weighted by molar-refractivity contribution is 0.306. The van der Waals surface area contributed by atoms with Crippen LogP contribution in [0.5, 0.6) is 5.75 Å². The number of fused-ring (bicyclic) bond motifs is 2. The van der Waals surface area contributed by atoms with Gasteiger partial charge in [-0.05, 0) is 53.1 Å². The molecule has 0 aromatic heterocycles. The summed E-state index contributed by atoms with van der Waals surface area (Å²) in [5, 5.41) is 0. The zero-order valence-electron chi connectivity index (χ0n) is 15.1. The van der Waals surface area contributed by atoms with Gasteiger partial charge < -0.3 is 4.74 Å². The third-order valence-corrected chi connectivity index (χ3v) is 5.03. The smallest absolute Gasteiger partial charge is 0.229 e. The van der Waals surface area contributed by atoms with Crippen LogP contribution in [0.25, 0.3) is 11.6 Å². The molecule has 0 spiro atoms. The van der Waals surface area contributed by atoms with Crippen molar-refractivity contribution in [1.29, 1.82) is 0 Å². The quantitative estimate of drug-likeness (QED) is 0.701. The Bertz CT molecular complexity index is 1190. The molecule has 0 fully saturated rings. The number of para-hydroxylation sites is 1. The molecule has 1 N–H and O–H groups in total. The first-order valence-corrected chi connectivity index (χ1v) is 10.6. The summed E-state index contributed by atoms with van der Waals surface area (Å²) in [4.78, 5) is 0. The predicted molar refractivity (Wildman–Crippen MR) is 109 cm³/mol. The molecule has 28 heavy (non-hydrogen) atoms. The lowest BCUT2D eigenvalue weighted by Gasteiger charge is -2.11. The van der Waals surface area contributed by atoms with E-state index in [9.17, 15) is 12.8 Å². The molecule has 0 unspecified atom stereocenters. The number of anilines is 1. The molecule has 4 nitrogen and oxygen atoms in total. The van der Waals surface area contributed by atoms with Gasteiger partial charge in [0.25, 0.3) is 0 Å². The van der Waals surface area contributed by atoms with Crippen molar-refractivity contribution < 1.29 is 17.5 Å². The summed E-state index contributed by atoms with van der Waals surface area (Å²) in [5.41, 5.74) is 4.72. The van der Waals surface area contributed by atoms with Crippen LogP contribution in [0.4, 0.5) is 10.1 Å². The van der Waals surface area contributed by atoms with Crippen LogP contribution in [0.3, 0.4) is 0 Å². The van der Waals surface area contributed by atoms with Gasteiger partial charge in [0.1, 0.15) is 18.2 Å². The fourth-order valence-electron chi connectivity index (χ4n) is 3.29. The predicted octanol–water partition coefficient (Wildman–Crippen LogP) is 4.68. The topological polar surface area (TPSA) is 55.4 Å². The van der Waals surface area contributed by atoms with Gasteiger partial charge in [-0.1, -0.05) is 36.4 Å². The van der Waals surface area contributed by atoms with Gasteiger partial charge in [-0.2, -0.15) is 0 Å². The summed E-state index contributed by atoms with van der Waals surface area (Å²) in [6, 6.07) is 19.4. The minimum atomic E-state index is -3.37. The summed E-state index contributed by atoms with van der Waals surface area (Å²) < 4.78 is 45.2. The fourth-order valence-corrected chi connectivity index (χ4v) is 3.84. The van der Waals surface area contributed by atoms with Crippen molar-refractivity contribution in [3.8, 4) is 5.75 Å². The Labute approximate surface area is 163 Å². The molecule has 6 heteroatoms. The maximum absolute atomic E-state index is 13.8. The van der Waals surface area contributed by atoms with Crippen LogP contribution >= 0.6 is 0 Å². The number of ether oxygens (including phenoxy) is 1. The van der Waals surface area contributed by atoms with E-state index in [1.165, 1.54) is 12.1 Å². The second-order valence-corrected chi connectivity index (χ2v) is 8.39. The van der Waals surface area contributed by atoms with Crippen molar-refractivity contribution in [3.63, 3.8) is 0 Å². The van der Waals surface area contributed by atoms with Crippen molar-refractivity contribution in [1.82, 2.24) is 0 Å². The molecular formula is C22H18FNO3S. The molecule has 1 aliphatic rings. The highest BCUT2D eigenvalue weighted by atomic mass is 32.2. The Morgan fingerprint density at radius 2 is 1.82 bits per heavy atom. The first-order valence-electron chi connectivity index (χ1n) is 8.70. The summed E-state index contributed by atoms with van der Waals surface area (Å²) in [5.74, 6) is 0.405. The molecule has 3 aromatic rings. The van der Waals surface area contributed by atoms with Crippen LogP contribution < -0.4 is 9.46 Å². The van der Waals surface area contributed by atoms with Crippen LogP contribution in [0.15, 0.2) is 66.7 Å². The van der Waals surface area contributed by atoms with Crippen LogP contribution in [-0.2, 0) is 16.6 Å². The molecule has 0 saturated carbocycles. The lowest BCUT2D eigenvalue weighted by Crippen LogP contribution is -2.09. The van der Waals surface area contributed by atoms with Gasteiger partial charge in [0.15, 0.2) is 0 Å². The second kappa shape index (κ2) is 7.13. The highest BCUT2D eigenvalue weighted by Gasteiger charge is 2.19. The van der Waals surface area contributed by atoms with E-state index >= 15 is 0 Å². The highest BCUT2D eigenvalue weighted by Crippen LogP contribution is 2.38. The Hall–Kier alpha value is -3.12. The largest absolute Gasteiger partial charge is 0.488 e. The molecule has 0 aliphatic carbocycles. The number of hydrogen-bond acceptors (Lipinski definition) is 3. The maximum Gasteiger partial charge on any atom is 0.229 e. The van der Waals surface area contributed by atoms with E-state index in [1.807, 2.05) is 36.4 Å². The Kier molecular flexibility index (Phi) is 4.65. The number of nitrogens with one attached hydrogen (secondary N) is 1. The number of rotatable bonds is 3. The van der Waals surface area contributed by atoms with Gasteiger partial charge in [-0.25, -0.2) is 12.8 Å². The summed E-state index contributed by atoms with van der Waals surface area (Å²) >= 11 is 0. The van der Waals surface area contributed by atoms with E-state index in [0.717, 1.165) is 39.8 Å². The van der Waals surface area contributed by atoms with Crippen molar-refractivity contribution >= 4 is 27.4 Å². The Morgan fingerprint density at radius 1 is 1.00 bits per heavy atom. The van der Waals surface area contributed by atoms with E-state index in [4.69, 9.17) is 4.74 Å². The SMILES string of the molecule is CS(=O)(=O)Nc1cccc(/C=C2\c3ccc(F)cc3COc3ccccc32)c1. The molecule has 3 aromatic carbocycles. The number of sulfonamides is 1. The fraction of sp³-hybridized carbons (Fsp3) is 0.0909. The summed E-state index contributed by atoms with van der Waals surface area (Å²) in [6.45, 7) is 0.275. The molecule has 142 valence electrons. The second-order valence-electron chi connectivity index (χ2n) is 6.64. The average Bonchev–Trinajstić information content (AvgIpc) is 2.78. The summed E-state index contributed by atoms with van der Waals surface area (Å²) in [7, 11) is -3.37. The van der Waals surface area contributed by atoms with E-state index in [2.05, 4.69) is 4.72 Å². The van der Waals surface area contributed by atoms with Crippen LogP contribution in [0.2, 0.25) is 0 Å². The van der Waals surface area contributed by atoms with Crippen molar-refractivity contribution in [2.75, 3.05) is 11.0 Å². The zero-order valence-corrected chi connectivity index (χ0v) is 16.0. The van der Waals surface area contributed by atoms with E-state index < -0.39 is 10.0 Å². The number of benzene rings is 3. The molecule has 0 radical (unpaired) electrons. The van der Waals surface area contributed by atoms with Crippen LogP contribution in [-0.4, -0.2) is 14.7 Å². The highest BCUT2D eigenvalue weighted by molar-refractivity contribution is 7.92. The van der Waals surface area contributed by atoms with Crippen LogP contribution in [0, 0.1) is 5.82 Å². The van der Waals surface area contributed by atoms with E-state index in [-0.39, 0.29) is 12.4 Å². The van der Waals surface area contributed by atoms with Gasteiger partial charge in [-0.3, -0.25) is 4.72 Å². The van der Waals surface area contributed by atoms with Crippen LogP contribution in [0.1, 0.15) is 22.3 Å². The average molecular weight is 395 g/mol. The minimum absolute atomic E-state index is 0.275. The monoisotopic (exact) mass is 395 g/mol.